The molecule has 0 spiro atoms. The van der Waals surface area contributed by atoms with E-state index >= 15 is 0 Å². The maximum atomic E-state index is 11.0. The minimum atomic E-state index is -0.442. The number of hydrogen-bond acceptors (Lipinski definition) is 5. The Labute approximate surface area is 124 Å². The number of methoxy groups -OCH3 is 1. The number of nitrogens with one attached hydrogen (secondary N) is 1. The van der Waals surface area contributed by atoms with E-state index in [1.165, 1.54) is 6.07 Å². The summed E-state index contributed by atoms with van der Waals surface area (Å²) in [4.78, 5) is 10.5. The van der Waals surface area contributed by atoms with E-state index in [0.29, 0.717) is 26.2 Å². The maximum absolute atomic E-state index is 11.0. The van der Waals surface area contributed by atoms with Gasteiger partial charge in [0, 0.05) is 32.7 Å². The van der Waals surface area contributed by atoms with Crippen LogP contribution < -0.4 is 10.1 Å². The maximum Gasteiger partial charge on any atom is 0.310 e. The Morgan fingerprint density at radius 3 is 2.86 bits per heavy atom. The second kappa shape index (κ2) is 9.75. The lowest BCUT2D eigenvalue weighted by atomic mass is 10.2. The molecule has 1 N–H and O–H groups in total. The zero-order valence-corrected chi connectivity index (χ0v) is 12.3. The molecule has 0 heterocycles. The average molecular weight is 292 g/mol. The van der Waals surface area contributed by atoms with Crippen molar-refractivity contribution in [3.63, 3.8) is 0 Å². The van der Waals surface area contributed by atoms with Crippen LogP contribution in [-0.4, -0.2) is 31.8 Å². The van der Waals surface area contributed by atoms with Crippen LogP contribution in [0.5, 0.6) is 5.75 Å². The zero-order valence-electron chi connectivity index (χ0n) is 12.3. The third kappa shape index (κ3) is 6.25. The van der Waals surface area contributed by atoms with Gasteiger partial charge in [-0.3, -0.25) is 10.1 Å². The number of hydrogen-bond donors (Lipinski definition) is 1. The first kappa shape index (κ1) is 17.0. The topological polar surface area (TPSA) is 73.6 Å². The summed E-state index contributed by atoms with van der Waals surface area (Å²) in [5, 5.41) is 14.2. The Balaban J connectivity index is 2.69. The van der Waals surface area contributed by atoms with Crippen LogP contribution in [0.2, 0.25) is 0 Å². The van der Waals surface area contributed by atoms with Crippen LogP contribution in [0.25, 0.3) is 0 Å². The summed E-state index contributed by atoms with van der Waals surface area (Å²) in [6, 6.07) is 4.88. The van der Waals surface area contributed by atoms with Crippen LogP contribution in [0.3, 0.4) is 0 Å². The Morgan fingerprint density at radius 2 is 2.19 bits per heavy atom. The molecule has 1 rings (SSSR count). The predicted octanol–water partition coefficient (Wildman–Crippen LogP) is 2.12. The molecule has 6 nitrogen and oxygen atoms in total. The monoisotopic (exact) mass is 292 g/mol. The fraction of sp³-hybridized carbons (Fsp3) is 0.467. The zero-order chi connectivity index (χ0) is 15.5. The highest BCUT2D eigenvalue weighted by Gasteiger charge is 2.15. The lowest BCUT2D eigenvalue weighted by Gasteiger charge is -2.08. The molecule has 114 valence electrons. The Morgan fingerprint density at radius 1 is 1.38 bits per heavy atom. The lowest BCUT2D eigenvalue weighted by molar-refractivity contribution is -0.385. The summed E-state index contributed by atoms with van der Waals surface area (Å²) >= 11 is 0. The van der Waals surface area contributed by atoms with Gasteiger partial charge in [-0.1, -0.05) is 6.07 Å². The van der Waals surface area contributed by atoms with Gasteiger partial charge in [-0.15, -0.1) is 11.8 Å². The second-order valence-corrected chi connectivity index (χ2v) is 4.25. The summed E-state index contributed by atoms with van der Waals surface area (Å²) in [6.45, 7) is 4.02. The van der Waals surface area contributed by atoms with Crippen LogP contribution in [0.1, 0.15) is 18.9 Å². The van der Waals surface area contributed by atoms with E-state index in [9.17, 15) is 10.1 Å². The largest absolute Gasteiger partial charge is 0.486 e. The highest BCUT2D eigenvalue weighted by Crippen LogP contribution is 2.28. The molecular formula is C15H20N2O4. The van der Waals surface area contributed by atoms with Crippen LogP contribution in [-0.2, 0) is 11.3 Å². The molecule has 0 saturated carbocycles. The van der Waals surface area contributed by atoms with E-state index in [-0.39, 0.29) is 11.4 Å². The molecule has 21 heavy (non-hydrogen) atoms. The minimum Gasteiger partial charge on any atom is -0.486 e. The van der Waals surface area contributed by atoms with E-state index in [2.05, 4.69) is 17.2 Å². The molecule has 0 radical (unpaired) electrons. The van der Waals surface area contributed by atoms with Gasteiger partial charge in [0.25, 0.3) is 0 Å². The molecule has 0 amide bonds. The van der Waals surface area contributed by atoms with Crippen molar-refractivity contribution in [2.75, 3.05) is 26.9 Å². The fourth-order valence-corrected chi connectivity index (χ4v) is 1.68. The molecule has 0 fully saturated rings. The highest BCUT2D eigenvalue weighted by atomic mass is 16.6. The van der Waals surface area contributed by atoms with Gasteiger partial charge in [-0.2, -0.15) is 0 Å². The van der Waals surface area contributed by atoms with Crippen molar-refractivity contribution in [2.45, 2.75) is 19.9 Å². The number of ether oxygens (including phenoxy) is 2. The molecular weight excluding hydrogens is 272 g/mol. The van der Waals surface area contributed by atoms with Crippen LogP contribution in [0, 0.1) is 22.0 Å². The Hall–Kier alpha value is -2.10. The molecule has 0 aliphatic heterocycles. The predicted molar refractivity (Wildman–Crippen MR) is 80.2 cm³/mol. The van der Waals surface area contributed by atoms with Crippen LogP contribution in [0.4, 0.5) is 5.69 Å². The van der Waals surface area contributed by atoms with Crippen molar-refractivity contribution in [1.29, 1.82) is 0 Å². The van der Waals surface area contributed by atoms with Crippen molar-refractivity contribution < 1.29 is 14.4 Å². The Bertz CT molecular complexity index is 520. The van der Waals surface area contributed by atoms with E-state index < -0.39 is 4.92 Å². The summed E-state index contributed by atoms with van der Waals surface area (Å²) in [6.07, 6.45) is 0.546. The molecule has 0 atom stereocenters. The second-order valence-electron chi connectivity index (χ2n) is 4.25. The summed E-state index contributed by atoms with van der Waals surface area (Å²) in [7, 11) is 1.64. The van der Waals surface area contributed by atoms with Crippen molar-refractivity contribution in [2.24, 2.45) is 0 Å². The number of benzene rings is 1. The third-order valence-electron chi connectivity index (χ3n) is 2.69. The van der Waals surface area contributed by atoms with Gasteiger partial charge < -0.3 is 14.8 Å². The molecule has 0 unspecified atom stereocenters. The lowest BCUT2D eigenvalue weighted by Crippen LogP contribution is -2.18. The minimum absolute atomic E-state index is 0.0277. The summed E-state index contributed by atoms with van der Waals surface area (Å²) in [5.41, 5.74) is 0.897. The molecule has 6 heteroatoms. The first-order chi connectivity index (χ1) is 10.2. The fourth-order valence-electron chi connectivity index (χ4n) is 1.68. The van der Waals surface area contributed by atoms with E-state index in [1.54, 1.807) is 26.2 Å². The third-order valence-corrected chi connectivity index (χ3v) is 2.69. The first-order valence-corrected chi connectivity index (χ1v) is 6.68. The molecule has 0 aliphatic carbocycles. The molecule has 0 saturated heterocycles. The van der Waals surface area contributed by atoms with Crippen molar-refractivity contribution in [3.8, 4) is 17.6 Å². The number of rotatable bonds is 9. The van der Waals surface area contributed by atoms with Gasteiger partial charge >= 0.3 is 5.69 Å². The van der Waals surface area contributed by atoms with Gasteiger partial charge in [-0.25, -0.2) is 0 Å². The van der Waals surface area contributed by atoms with E-state index in [0.717, 1.165) is 12.1 Å². The normalized spacial score (nSPS) is 9.81. The highest BCUT2D eigenvalue weighted by molar-refractivity contribution is 5.48. The molecule has 0 aliphatic rings. The summed E-state index contributed by atoms with van der Waals surface area (Å²) < 4.78 is 10.4. The Kier molecular flexibility index (Phi) is 7.87. The SMILES string of the molecule is CC#CCCOc1cc(CNCCOC)ccc1[N+](=O)[O-]. The van der Waals surface area contributed by atoms with Gasteiger partial charge in [-0.05, 0) is 18.6 Å². The van der Waals surface area contributed by atoms with Crippen molar-refractivity contribution in [3.05, 3.63) is 33.9 Å². The van der Waals surface area contributed by atoms with Crippen molar-refractivity contribution >= 4 is 5.69 Å². The van der Waals surface area contributed by atoms with Gasteiger partial charge in [0.1, 0.15) is 0 Å². The molecule has 1 aromatic rings. The van der Waals surface area contributed by atoms with Crippen molar-refractivity contribution in [1.82, 2.24) is 5.32 Å². The van der Waals surface area contributed by atoms with E-state index in [1.807, 2.05) is 0 Å². The van der Waals surface area contributed by atoms with Gasteiger partial charge in [0.05, 0.1) is 18.1 Å². The molecule has 0 bridgehead atoms. The number of nitro groups is 1. The summed E-state index contributed by atoms with van der Waals surface area (Å²) in [5.74, 6) is 5.90. The quantitative estimate of drug-likeness (QED) is 0.327. The van der Waals surface area contributed by atoms with Gasteiger partial charge in [0.15, 0.2) is 5.75 Å². The molecule has 0 aromatic heterocycles. The smallest absolute Gasteiger partial charge is 0.310 e. The standard InChI is InChI=1S/C15H20N2O4/c1-3-4-5-9-21-15-11-13(12-16-8-10-20-2)6-7-14(15)17(18)19/h6-7,11,16H,5,8-10,12H2,1-2H3. The van der Waals surface area contributed by atoms with Crippen LogP contribution in [0.15, 0.2) is 18.2 Å². The number of nitro benzene ring substituents is 1. The molecule has 1 aromatic carbocycles. The first-order valence-electron chi connectivity index (χ1n) is 6.68. The average Bonchev–Trinajstić information content (AvgIpc) is 2.48. The van der Waals surface area contributed by atoms with Gasteiger partial charge in [0.2, 0.25) is 0 Å². The van der Waals surface area contributed by atoms with E-state index in [4.69, 9.17) is 9.47 Å². The number of nitrogens with zero attached hydrogens (tertiary/aromatic N) is 1. The van der Waals surface area contributed by atoms with Crippen LogP contribution >= 0.6 is 0 Å².